The third-order valence-corrected chi connectivity index (χ3v) is 12.1. The monoisotopic (exact) mass is 792 g/mol. The van der Waals surface area contributed by atoms with Crippen LogP contribution in [0.3, 0.4) is 0 Å². The van der Waals surface area contributed by atoms with Crippen molar-refractivity contribution in [2.75, 3.05) is 6.61 Å². The van der Waals surface area contributed by atoms with Gasteiger partial charge in [-0.1, -0.05) is 270 Å². The smallest absolute Gasteiger partial charge is 0.222 e. The molecule has 5 nitrogen and oxygen atoms in total. The lowest BCUT2D eigenvalue weighted by Crippen LogP contribution is -2.45. The van der Waals surface area contributed by atoms with Gasteiger partial charge in [-0.15, -0.1) is 0 Å². The first-order valence-corrected chi connectivity index (χ1v) is 25.5. The molecule has 56 heavy (non-hydrogen) atoms. The zero-order chi connectivity index (χ0) is 40.8. The summed E-state index contributed by atoms with van der Waals surface area (Å²) in [5.41, 5.74) is 0. The van der Waals surface area contributed by atoms with Crippen molar-refractivity contribution in [3.8, 4) is 0 Å². The average Bonchev–Trinajstić information content (AvgIpc) is 3.19. The van der Waals surface area contributed by atoms with Crippen LogP contribution in [-0.2, 0) is 4.79 Å². The molecular formula is C51H101NO4. The molecule has 0 aliphatic carbocycles. The van der Waals surface area contributed by atoms with Crippen LogP contribution in [-0.4, -0.2) is 46.1 Å². The number of rotatable bonds is 47. The molecule has 4 N–H and O–H groups in total. The molecule has 0 saturated carbocycles. The standard InChI is InChI=1S/C51H101NO4/c1-3-5-7-9-11-13-15-17-19-21-23-24-25-27-28-30-32-34-36-38-40-42-44-48(54)46-51(56)52-49(47-53)50(55)45-43-41-39-37-35-33-31-29-26-22-20-18-16-14-12-10-8-6-4-2/h43,45,48-50,53-55H,3-42,44,46-47H2,1-2H3,(H,52,56)/b45-43+. The van der Waals surface area contributed by atoms with Gasteiger partial charge in [0.1, 0.15) is 0 Å². The van der Waals surface area contributed by atoms with E-state index in [1.165, 1.54) is 231 Å². The zero-order valence-electron chi connectivity index (χ0n) is 38.0. The predicted molar refractivity (Wildman–Crippen MR) is 245 cm³/mol. The second-order valence-corrected chi connectivity index (χ2v) is 17.8. The normalized spacial score (nSPS) is 13.4. The Bertz CT molecular complexity index is 788. The molecule has 0 aliphatic heterocycles. The summed E-state index contributed by atoms with van der Waals surface area (Å²) in [4.78, 5) is 12.5. The van der Waals surface area contributed by atoms with Crippen molar-refractivity contribution >= 4 is 5.91 Å². The SMILES string of the molecule is CCCCCCCCCCCCCCCCCCC/C=C/C(O)C(CO)NC(=O)CC(O)CCCCCCCCCCCCCCCCCCCCCCCC. The van der Waals surface area contributed by atoms with E-state index in [1.54, 1.807) is 6.08 Å². The molecule has 0 aromatic carbocycles. The first kappa shape index (κ1) is 55.1. The van der Waals surface area contributed by atoms with E-state index in [9.17, 15) is 20.1 Å². The molecule has 334 valence electrons. The van der Waals surface area contributed by atoms with Crippen molar-refractivity contribution < 1.29 is 20.1 Å². The van der Waals surface area contributed by atoms with Gasteiger partial charge in [-0.2, -0.15) is 0 Å². The van der Waals surface area contributed by atoms with Crippen LogP contribution in [0, 0.1) is 0 Å². The van der Waals surface area contributed by atoms with E-state index in [2.05, 4.69) is 19.2 Å². The summed E-state index contributed by atoms with van der Waals surface area (Å²) in [5.74, 6) is -0.309. The second-order valence-electron chi connectivity index (χ2n) is 17.8. The van der Waals surface area contributed by atoms with E-state index in [0.29, 0.717) is 6.42 Å². The lowest BCUT2D eigenvalue weighted by atomic mass is 10.0. The van der Waals surface area contributed by atoms with Gasteiger partial charge >= 0.3 is 0 Å². The highest BCUT2D eigenvalue weighted by Gasteiger charge is 2.20. The fourth-order valence-electron chi connectivity index (χ4n) is 8.17. The van der Waals surface area contributed by atoms with Crippen LogP contribution in [0.4, 0.5) is 0 Å². The Hall–Kier alpha value is -0.910. The highest BCUT2D eigenvalue weighted by Crippen LogP contribution is 2.17. The molecule has 0 rings (SSSR count). The molecule has 0 heterocycles. The third-order valence-electron chi connectivity index (χ3n) is 12.1. The van der Waals surface area contributed by atoms with Crippen LogP contribution in [0.25, 0.3) is 0 Å². The minimum absolute atomic E-state index is 0.0193. The quantitative estimate of drug-likeness (QED) is 0.0365. The maximum absolute atomic E-state index is 12.5. The molecule has 1 amide bonds. The summed E-state index contributed by atoms with van der Waals surface area (Å²) in [7, 11) is 0. The second kappa shape index (κ2) is 46.8. The summed E-state index contributed by atoms with van der Waals surface area (Å²) in [6.45, 7) is 4.25. The summed E-state index contributed by atoms with van der Waals surface area (Å²) in [6.07, 6.45) is 56.6. The molecule has 0 aromatic rings. The molecule has 0 radical (unpaired) electrons. The van der Waals surface area contributed by atoms with E-state index < -0.39 is 18.2 Å². The number of hydrogen-bond acceptors (Lipinski definition) is 4. The van der Waals surface area contributed by atoms with Crippen LogP contribution < -0.4 is 5.32 Å². The summed E-state index contributed by atoms with van der Waals surface area (Å²) in [5, 5.41) is 33.4. The van der Waals surface area contributed by atoms with Gasteiger partial charge in [0.2, 0.25) is 5.91 Å². The van der Waals surface area contributed by atoms with Crippen LogP contribution in [0.1, 0.15) is 284 Å². The van der Waals surface area contributed by atoms with E-state index in [0.717, 1.165) is 25.7 Å². The molecule has 0 spiro atoms. The Morgan fingerprint density at radius 2 is 0.732 bits per heavy atom. The molecular weight excluding hydrogens is 691 g/mol. The van der Waals surface area contributed by atoms with E-state index in [4.69, 9.17) is 0 Å². The van der Waals surface area contributed by atoms with Gasteiger partial charge < -0.3 is 20.6 Å². The fourth-order valence-corrected chi connectivity index (χ4v) is 8.17. The predicted octanol–water partition coefficient (Wildman–Crippen LogP) is 15.2. The average molecular weight is 792 g/mol. The highest BCUT2D eigenvalue weighted by molar-refractivity contribution is 5.76. The molecule has 0 saturated heterocycles. The molecule has 3 unspecified atom stereocenters. The van der Waals surface area contributed by atoms with Crippen LogP contribution in [0.5, 0.6) is 0 Å². The number of carbonyl (C=O) groups excluding carboxylic acids is 1. The molecule has 3 atom stereocenters. The number of amides is 1. The Morgan fingerprint density at radius 3 is 1.04 bits per heavy atom. The van der Waals surface area contributed by atoms with Gasteiger partial charge in [-0.3, -0.25) is 4.79 Å². The molecule has 0 fully saturated rings. The molecule has 0 bridgehead atoms. The van der Waals surface area contributed by atoms with Crippen molar-refractivity contribution in [3.05, 3.63) is 12.2 Å². The Labute approximate surface area is 350 Å². The van der Waals surface area contributed by atoms with E-state index in [1.807, 2.05) is 6.08 Å². The first-order chi connectivity index (χ1) is 27.5. The summed E-state index contributed by atoms with van der Waals surface area (Å²) >= 11 is 0. The van der Waals surface area contributed by atoms with E-state index in [-0.39, 0.29) is 18.9 Å². The lowest BCUT2D eigenvalue weighted by molar-refractivity contribution is -0.124. The van der Waals surface area contributed by atoms with Crippen molar-refractivity contribution in [2.45, 2.75) is 302 Å². The van der Waals surface area contributed by atoms with Crippen molar-refractivity contribution in [1.82, 2.24) is 5.32 Å². The number of hydrogen-bond donors (Lipinski definition) is 4. The van der Waals surface area contributed by atoms with Gasteiger partial charge in [0.05, 0.1) is 31.3 Å². The Kier molecular flexibility index (Phi) is 46.0. The minimum Gasteiger partial charge on any atom is -0.394 e. The first-order valence-electron chi connectivity index (χ1n) is 25.5. The van der Waals surface area contributed by atoms with Crippen molar-refractivity contribution in [1.29, 1.82) is 0 Å². The topological polar surface area (TPSA) is 89.8 Å². The number of nitrogens with one attached hydrogen (secondary N) is 1. The number of carbonyl (C=O) groups is 1. The Balaban J connectivity index is 3.57. The number of aliphatic hydroxyl groups is 3. The largest absolute Gasteiger partial charge is 0.394 e. The van der Waals surface area contributed by atoms with Gasteiger partial charge in [0.25, 0.3) is 0 Å². The molecule has 0 aromatic heterocycles. The maximum atomic E-state index is 12.5. The zero-order valence-corrected chi connectivity index (χ0v) is 38.0. The molecule has 0 aliphatic rings. The van der Waals surface area contributed by atoms with Gasteiger partial charge in [0.15, 0.2) is 0 Å². The fraction of sp³-hybridized carbons (Fsp3) is 0.941. The number of aliphatic hydroxyl groups excluding tert-OH is 3. The van der Waals surface area contributed by atoms with Crippen molar-refractivity contribution in [3.63, 3.8) is 0 Å². The number of allylic oxidation sites excluding steroid dienone is 1. The maximum Gasteiger partial charge on any atom is 0.222 e. The van der Waals surface area contributed by atoms with Gasteiger partial charge in [0, 0.05) is 0 Å². The van der Waals surface area contributed by atoms with Gasteiger partial charge in [-0.05, 0) is 19.3 Å². The Morgan fingerprint density at radius 1 is 0.446 bits per heavy atom. The third kappa shape index (κ3) is 42.7. The van der Waals surface area contributed by atoms with Crippen LogP contribution in [0.15, 0.2) is 12.2 Å². The van der Waals surface area contributed by atoms with Gasteiger partial charge in [-0.25, -0.2) is 0 Å². The minimum atomic E-state index is -0.925. The van der Waals surface area contributed by atoms with E-state index >= 15 is 0 Å². The summed E-state index contributed by atoms with van der Waals surface area (Å²) < 4.78 is 0. The van der Waals surface area contributed by atoms with Crippen LogP contribution in [0.2, 0.25) is 0 Å². The lowest BCUT2D eigenvalue weighted by Gasteiger charge is -2.21. The molecule has 5 heteroatoms. The van der Waals surface area contributed by atoms with Crippen molar-refractivity contribution in [2.24, 2.45) is 0 Å². The highest BCUT2D eigenvalue weighted by atomic mass is 16.3. The number of unbranched alkanes of at least 4 members (excludes halogenated alkanes) is 38. The van der Waals surface area contributed by atoms with Crippen LogP contribution >= 0.6 is 0 Å². The summed E-state index contributed by atoms with van der Waals surface area (Å²) in [6, 6.07) is -0.740.